The quantitative estimate of drug-likeness (QED) is 0.746. The topological polar surface area (TPSA) is 71.4 Å². The van der Waals surface area contributed by atoms with Crippen LogP contribution in [0.3, 0.4) is 0 Å². The van der Waals surface area contributed by atoms with Gasteiger partial charge in [0.15, 0.2) is 0 Å². The summed E-state index contributed by atoms with van der Waals surface area (Å²) in [6.45, 7) is 7.49. The van der Waals surface area contributed by atoms with Crippen LogP contribution in [0.2, 0.25) is 0 Å². The summed E-state index contributed by atoms with van der Waals surface area (Å²) in [5.74, 6) is 0. The molecule has 3 rings (SSSR count). The number of aromatic nitrogens is 1. The van der Waals surface area contributed by atoms with E-state index in [4.69, 9.17) is 0 Å². The van der Waals surface area contributed by atoms with Crippen LogP contribution in [0, 0.1) is 0 Å². The van der Waals surface area contributed by atoms with E-state index in [0.29, 0.717) is 11.2 Å². The summed E-state index contributed by atoms with van der Waals surface area (Å²) >= 11 is 1.09. The number of fused-ring (bicyclic) bond motifs is 1. The first-order valence-electron chi connectivity index (χ1n) is 8.75. The van der Waals surface area contributed by atoms with Gasteiger partial charge in [0, 0.05) is 12.6 Å². The van der Waals surface area contributed by atoms with Crippen molar-refractivity contribution in [3.05, 3.63) is 27.9 Å². The highest BCUT2D eigenvalue weighted by Gasteiger charge is 2.18. The second-order valence-electron chi connectivity index (χ2n) is 6.76. The molecular weight excluding hydrogens is 358 g/mol. The molecule has 138 valence electrons. The molecule has 1 aliphatic heterocycles. The molecule has 1 aromatic heterocycles. The van der Waals surface area contributed by atoms with Crippen molar-refractivity contribution in [2.75, 3.05) is 26.2 Å². The molecule has 0 radical (unpaired) electrons. The van der Waals surface area contributed by atoms with Gasteiger partial charge in [-0.05, 0) is 70.9 Å². The van der Waals surface area contributed by atoms with Crippen molar-refractivity contribution in [3.63, 3.8) is 0 Å². The highest BCUT2D eigenvalue weighted by atomic mass is 32.2. The number of sulfonamides is 1. The third-order valence-corrected chi connectivity index (χ3v) is 6.93. The van der Waals surface area contributed by atoms with E-state index in [0.717, 1.165) is 42.9 Å². The van der Waals surface area contributed by atoms with E-state index in [-0.39, 0.29) is 15.8 Å². The Morgan fingerprint density at radius 2 is 1.96 bits per heavy atom. The molecule has 1 aromatic carbocycles. The molecule has 0 spiro atoms. The first-order valence-corrected chi connectivity index (χ1v) is 11.1. The normalized spacial score (nSPS) is 16.3. The summed E-state index contributed by atoms with van der Waals surface area (Å²) in [6, 6.07) is 4.96. The van der Waals surface area contributed by atoms with Crippen LogP contribution in [0.15, 0.2) is 27.9 Å². The Morgan fingerprint density at radius 3 is 2.64 bits per heavy atom. The lowest BCUT2D eigenvalue weighted by atomic mass is 10.3. The lowest BCUT2D eigenvalue weighted by Gasteiger charge is -2.14. The van der Waals surface area contributed by atoms with Crippen molar-refractivity contribution >= 4 is 31.6 Å². The Bertz CT molecular complexity index is 893. The van der Waals surface area contributed by atoms with Crippen LogP contribution < -0.4 is 9.60 Å². The minimum absolute atomic E-state index is 0.0485. The summed E-state index contributed by atoms with van der Waals surface area (Å²) in [7, 11) is -3.54. The fourth-order valence-electron chi connectivity index (χ4n) is 3.27. The molecule has 25 heavy (non-hydrogen) atoms. The summed E-state index contributed by atoms with van der Waals surface area (Å²) in [6.07, 6.45) is 3.29. The summed E-state index contributed by atoms with van der Waals surface area (Å²) in [5.41, 5.74) is 0.790. The summed E-state index contributed by atoms with van der Waals surface area (Å²) < 4.78 is 30.1. The monoisotopic (exact) mass is 383 g/mol. The Morgan fingerprint density at radius 1 is 1.24 bits per heavy atom. The molecule has 0 aliphatic carbocycles. The molecule has 0 amide bonds. The smallest absolute Gasteiger partial charge is 0.303 e. The second-order valence-corrected chi connectivity index (χ2v) is 9.52. The standard InChI is InChI=1S/C17H25N3O3S2/c1-13(2)20-15-7-6-14(12-16(15)24-17(20)21)25(22,23)18-8-5-11-19-9-3-4-10-19/h6-7,12-13,18H,3-5,8-11H2,1-2H3. The van der Waals surface area contributed by atoms with Gasteiger partial charge in [0.1, 0.15) is 0 Å². The molecule has 8 heteroatoms. The van der Waals surface area contributed by atoms with Crippen molar-refractivity contribution in [2.45, 2.75) is 44.0 Å². The van der Waals surface area contributed by atoms with E-state index in [2.05, 4.69) is 9.62 Å². The van der Waals surface area contributed by atoms with Crippen LogP contribution in [0.1, 0.15) is 39.2 Å². The zero-order valence-electron chi connectivity index (χ0n) is 14.7. The van der Waals surface area contributed by atoms with Gasteiger partial charge in [-0.1, -0.05) is 11.3 Å². The maximum atomic E-state index is 12.5. The molecule has 0 unspecified atom stereocenters. The van der Waals surface area contributed by atoms with Crippen molar-refractivity contribution in [2.24, 2.45) is 0 Å². The lowest BCUT2D eigenvalue weighted by molar-refractivity contribution is 0.334. The van der Waals surface area contributed by atoms with Gasteiger partial charge in [-0.3, -0.25) is 9.36 Å². The van der Waals surface area contributed by atoms with Crippen molar-refractivity contribution in [3.8, 4) is 0 Å². The largest absolute Gasteiger partial charge is 0.308 e. The molecule has 0 saturated carbocycles. The molecule has 0 bridgehead atoms. The predicted molar refractivity (Wildman–Crippen MR) is 102 cm³/mol. The molecule has 2 aromatic rings. The molecule has 2 heterocycles. The zero-order valence-corrected chi connectivity index (χ0v) is 16.3. The van der Waals surface area contributed by atoms with Gasteiger partial charge in [0.2, 0.25) is 10.0 Å². The summed E-state index contributed by atoms with van der Waals surface area (Å²) in [4.78, 5) is 14.6. The van der Waals surface area contributed by atoms with Gasteiger partial charge >= 0.3 is 4.87 Å². The fraction of sp³-hybridized carbons (Fsp3) is 0.588. The third-order valence-electron chi connectivity index (χ3n) is 4.55. The van der Waals surface area contributed by atoms with E-state index in [1.54, 1.807) is 22.8 Å². The number of likely N-dealkylation sites (tertiary alicyclic amines) is 1. The minimum atomic E-state index is -3.54. The predicted octanol–water partition coefficient (Wildman–Crippen LogP) is 2.41. The molecule has 1 saturated heterocycles. The molecular formula is C17H25N3O3S2. The van der Waals surface area contributed by atoms with E-state index in [1.165, 1.54) is 12.8 Å². The van der Waals surface area contributed by atoms with E-state index in [9.17, 15) is 13.2 Å². The number of thiazole rings is 1. The van der Waals surface area contributed by atoms with Crippen LogP contribution in [-0.2, 0) is 10.0 Å². The lowest BCUT2D eigenvalue weighted by Crippen LogP contribution is -2.28. The van der Waals surface area contributed by atoms with Gasteiger partial charge in [-0.25, -0.2) is 13.1 Å². The van der Waals surface area contributed by atoms with Crippen LogP contribution in [0.25, 0.3) is 10.2 Å². The number of hydrogen-bond acceptors (Lipinski definition) is 5. The number of nitrogens with one attached hydrogen (secondary N) is 1. The first kappa shape index (κ1) is 18.6. The SMILES string of the molecule is CC(C)n1c(=O)sc2cc(S(=O)(=O)NCCCN3CCCC3)ccc21. The summed E-state index contributed by atoms with van der Waals surface area (Å²) in [5, 5.41) is 0. The van der Waals surface area contributed by atoms with Crippen molar-refractivity contribution < 1.29 is 8.42 Å². The third kappa shape index (κ3) is 4.13. The van der Waals surface area contributed by atoms with Gasteiger partial charge < -0.3 is 4.90 Å². The molecule has 1 fully saturated rings. The average molecular weight is 384 g/mol. The number of nitrogens with zero attached hydrogens (tertiary/aromatic N) is 2. The minimum Gasteiger partial charge on any atom is -0.303 e. The van der Waals surface area contributed by atoms with Crippen LogP contribution >= 0.6 is 11.3 Å². The van der Waals surface area contributed by atoms with E-state index >= 15 is 0 Å². The van der Waals surface area contributed by atoms with Gasteiger partial charge in [0.25, 0.3) is 0 Å². The molecule has 1 aliphatic rings. The fourth-order valence-corrected chi connectivity index (χ4v) is 5.50. The highest BCUT2D eigenvalue weighted by molar-refractivity contribution is 7.89. The van der Waals surface area contributed by atoms with Gasteiger partial charge in [-0.15, -0.1) is 0 Å². The maximum Gasteiger partial charge on any atom is 0.308 e. The van der Waals surface area contributed by atoms with Crippen LogP contribution in [0.5, 0.6) is 0 Å². The molecule has 1 N–H and O–H groups in total. The Hall–Kier alpha value is -1.22. The Balaban J connectivity index is 1.70. The number of hydrogen-bond donors (Lipinski definition) is 1. The van der Waals surface area contributed by atoms with Crippen LogP contribution in [0.4, 0.5) is 0 Å². The zero-order chi connectivity index (χ0) is 18.0. The Kier molecular flexibility index (Phi) is 5.62. The Labute approximate surface area is 152 Å². The van der Waals surface area contributed by atoms with Crippen molar-refractivity contribution in [1.29, 1.82) is 0 Å². The van der Waals surface area contributed by atoms with E-state index in [1.807, 2.05) is 13.8 Å². The molecule has 6 nitrogen and oxygen atoms in total. The van der Waals surface area contributed by atoms with Gasteiger partial charge in [0.05, 0.1) is 15.1 Å². The van der Waals surface area contributed by atoms with Crippen LogP contribution in [-0.4, -0.2) is 44.1 Å². The molecule has 0 atom stereocenters. The van der Waals surface area contributed by atoms with E-state index < -0.39 is 10.0 Å². The van der Waals surface area contributed by atoms with Gasteiger partial charge in [-0.2, -0.15) is 0 Å². The number of benzene rings is 1. The highest BCUT2D eigenvalue weighted by Crippen LogP contribution is 2.23. The average Bonchev–Trinajstić information content (AvgIpc) is 3.17. The first-order chi connectivity index (χ1) is 11.9. The number of rotatable bonds is 7. The van der Waals surface area contributed by atoms with Crippen molar-refractivity contribution in [1.82, 2.24) is 14.2 Å². The second kappa shape index (κ2) is 7.57. The maximum absolute atomic E-state index is 12.5.